The molecule has 4 unspecified atom stereocenters. The van der Waals surface area contributed by atoms with Gasteiger partial charge in [0.25, 0.3) is 0 Å². The van der Waals surface area contributed by atoms with Gasteiger partial charge in [0, 0.05) is 5.92 Å². The zero-order valence-electron chi connectivity index (χ0n) is 9.46. The van der Waals surface area contributed by atoms with Crippen molar-refractivity contribution in [2.75, 3.05) is 26.4 Å². The van der Waals surface area contributed by atoms with Crippen molar-refractivity contribution in [2.24, 2.45) is 11.8 Å². The summed E-state index contributed by atoms with van der Waals surface area (Å²) >= 11 is 0. The molecule has 0 saturated heterocycles. The van der Waals surface area contributed by atoms with Crippen LogP contribution in [0.2, 0.25) is 0 Å². The Labute approximate surface area is 95.7 Å². The van der Waals surface area contributed by atoms with Crippen LogP contribution in [0.15, 0.2) is 0 Å². The second-order valence-corrected chi connectivity index (χ2v) is 4.35. The Morgan fingerprint density at radius 1 is 1.00 bits per heavy atom. The highest BCUT2D eigenvalue weighted by molar-refractivity contribution is 4.96. The summed E-state index contributed by atoms with van der Waals surface area (Å²) in [6.07, 6.45) is 2.63. The molecule has 0 aromatic heterocycles. The highest BCUT2D eigenvalue weighted by atomic mass is 16.5. The second-order valence-electron chi connectivity index (χ2n) is 4.35. The van der Waals surface area contributed by atoms with Gasteiger partial charge >= 0.3 is 0 Å². The van der Waals surface area contributed by atoms with Gasteiger partial charge in [-0.25, -0.2) is 0 Å². The average Bonchev–Trinajstić information content (AvgIpc) is 2.75. The summed E-state index contributed by atoms with van der Waals surface area (Å²) in [5.74, 6) is 0.639. The van der Waals surface area contributed by atoms with E-state index in [1.54, 1.807) is 0 Å². The first-order chi connectivity index (χ1) is 7.70. The molecule has 96 valence electrons. The molecule has 5 nitrogen and oxygen atoms in total. The van der Waals surface area contributed by atoms with Crippen LogP contribution in [0.25, 0.3) is 0 Å². The van der Waals surface area contributed by atoms with Crippen LogP contribution in [0.1, 0.15) is 19.3 Å². The van der Waals surface area contributed by atoms with Crippen LogP contribution in [0.5, 0.6) is 0 Å². The van der Waals surface area contributed by atoms with E-state index in [4.69, 9.17) is 10.2 Å². The van der Waals surface area contributed by atoms with Crippen LogP contribution in [-0.2, 0) is 4.74 Å². The van der Waals surface area contributed by atoms with Gasteiger partial charge in [0.1, 0.15) is 0 Å². The van der Waals surface area contributed by atoms with Crippen molar-refractivity contribution in [1.82, 2.24) is 0 Å². The lowest BCUT2D eigenvalue weighted by Gasteiger charge is -2.13. The van der Waals surface area contributed by atoms with E-state index < -0.39 is 0 Å². The van der Waals surface area contributed by atoms with Gasteiger partial charge in [-0.05, 0) is 25.2 Å². The summed E-state index contributed by atoms with van der Waals surface area (Å²) in [5, 5.41) is 34.7. The van der Waals surface area contributed by atoms with Crippen molar-refractivity contribution in [3.05, 3.63) is 0 Å². The van der Waals surface area contributed by atoms with Gasteiger partial charge < -0.3 is 25.2 Å². The Morgan fingerprint density at radius 3 is 1.88 bits per heavy atom. The number of aliphatic hydroxyl groups is 4. The minimum atomic E-state index is -0.196. The van der Waals surface area contributed by atoms with Gasteiger partial charge in [-0.2, -0.15) is 0 Å². The number of hydrogen-bond donors (Lipinski definition) is 4. The molecule has 16 heavy (non-hydrogen) atoms. The molecule has 0 aromatic carbocycles. The molecule has 2 rings (SSSR count). The molecule has 5 heteroatoms. The van der Waals surface area contributed by atoms with E-state index in [0.29, 0.717) is 19.1 Å². The van der Waals surface area contributed by atoms with Crippen LogP contribution in [0, 0.1) is 11.8 Å². The van der Waals surface area contributed by atoms with Crippen molar-refractivity contribution >= 4 is 0 Å². The summed E-state index contributed by atoms with van der Waals surface area (Å²) in [4.78, 5) is 0. The summed E-state index contributed by atoms with van der Waals surface area (Å²) in [6, 6.07) is 0. The maximum atomic E-state index is 9.34. The fourth-order valence-corrected chi connectivity index (χ4v) is 2.49. The number of aliphatic hydroxyl groups excluding tert-OH is 4. The quantitative estimate of drug-likeness (QED) is 0.475. The lowest BCUT2D eigenvalue weighted by molar-refractivity contribution is 0.0650. The molecular weight excluding hydrogens is 212 g/mol. The molecule has 0 spiro atoms. The van der Waals surface area contributed by atoms with E-state index in [2.05, 4.69) is 4.74 Å². The highest BCUT2D eigenvalue weighted by Gasteiger charge is 2.46. The van der Waals surface area contributed by atoms with E-state index in [9.17, 15) is 10.2 Å². The van der Waals surface area contributed by atoms with Gasteiger partial charge in [-0.1, -0.05) is 0 Å². The maximum absolute atomic E-state index is 9.34. The molecule has 4 N–H and O–H groups in total. The number of fused-ring (bicyclic) bond motifs is 2. The van der Waals surface area contributed by atoms with Crippen molar-refractivity contribution < 1.29 is 25.2 Å². The van der Waals surface area contributed by atoms with Crippen LogP contribution in [-0.4, -0.2) is 59.1 Å². The third-order valence-electron chi connectivity index (χ3n) is 3.30. The molecule has 0 amide bonds. The topological polar surface area (TPSA) is 90.2 Å². The fraction of sp³-hybridized carbons (Fsp3) is 1.00. The lowest BCUT2D eigenvalue weighted by Crippen LogP contribution is -2.19. The number of rotatable bonds is 4. The fourth-order valence-electron chi connectivity index (χ4n) is 2.49. The van der Waals surface area contributed by atoms with Crippen LogP contribution < -0.4 is 0 Å². The van der Waals surface area contributed by atoms with Gasteiger partial charge in [0.05, 0.1) is 38.6 Å². The highest BCUT2D eigenvalue weighted by Crippen LogP contribution is 2.44. The largest absolute Gasteiger partial charge is 0.394 e. The molecule has 0 radical (unpaired) electrons. The SMILES string of the molecule is OC1CC2CCC1C2O.OCCOCCO. The molecule has 2 bridgehead atoms. The molecule has 4 atom stereocenters. The first-order valence-electron chi connectivity index (χ1n) is 5.86. The predicted molar refractivity (Wildman–Crippen MR) is 57.8 cm³/mol. The standard InChI is InChI=1S/C7H12O2.C4H10O3/c8-6-3-4-1-2-5(6)7(4)9;5-1-3-7-4-2-6/h4-9H,1-3H2;5-6H,1-4H2. The number of hydrogen-bond acceptors (Lipinski definition) is 5. The van der Waals surface area contributed by atoms with Crippen molar-refractivity contribution in [3.8, 4) is 0 Å². The Bertz CT molecular complexity index is 183. The molecule has 2 aliphatic rings. The third-order valence-corrected chi connectivity index (χ3v) is 3.30. The minimum Gasteiger partial charge on any atom is -0.394 e. The first kappa shape index (κ1) is 13.9. The van der Waals surface area contributed by atoms with Crippen molar-refractivity contribution in [2.45, 2.75) is 31.5 Å². The molecule has 2 aliphatic carbocycles. The zero-order chi connectivity index (χ0) is 12.0. The van der Waals surface area contributed by atoms with Crippen LogP contribution >= 0.6 is 0 Å². The maximum Gasteiger partial charge on any atom is 0.0698 e. The Kier molecular flexibility index (Phi) is 6.23. The second kappa shape index (κ2) is 7.19. The predicted octanol–water partition coefficient (Wildman–Crippen LogP) is -0.874. The van der Waals surface area contributed by atoms with E-state index in [-0.39, 0.29) is 31.3 Å². The monoisotopic (exact) mass is 234 g/mol. The average molecular weight is 234 g/mol. The minimum absolute atomic E-state index is 0.0278. The van der Waals surface area contributed by atoms with Crippen molar-refractivity contribution in [3.63, 3.8) is 0 Å². The Hall–Kier alpha value is -0.200. The van der Waals surface area contributed by atoms with Gasteiger partial charge in [0.15, 0.2) is 0 Å². The van der Waals surface area contributed by atoms with Crippen LogP contribution in [0.3, 0.4) is 0 Å². The van der Waals surface area contributed by atoms with E-state index >= 15 is 0 Å². The first-order valence-corrected chi connectivity index (χ1v) is 5.86. The van der Waals surface area contributed by atoms with E-state index in [0.717, 1.165) is 19.3 Å². The third kappa shape index (κ3) is 3.68. The van der Waals surface area contributed by atoms with Gasteiger partial charge in [0.2, 0.25) is 0 Å². The molecular formula is C11H22O5. The smallest absolute Gasteiger partial charge is 0.0698 e. The summed E-state index contributed by atoms with van der Waals surface area (Å²) in [7, 11) is 0. The normalized spacial score (nSPS) is 36.0. The summed E-state index contributed by atoms with van der Waals surface area (Å²) < 4.78 is 4.63. The Balaban J connectivity index is 0.000000168. The molecule has 0 aliphatic heterocycles. The molecule has 2 fully saturated rings. The summed E-state index contributed by atoms with van der Waals surface area (Å²) in [5.41, 5.74) is 0. The Morgan fingerprint density at radius 2 is 1.62 bits per heavy atom. The summed E-state index contributed by atoms with van der Waals surface area (Å²) in [6.45, 7) is 0.696. The molecule has 2 saturated carbocycles. The number of ether oxygens (including phenoxy) is 1. The zero-order valence-corrected chi connectivity index (χ0v) is 9.46. The van der Waals surface area contributed by atoms with E-state index in [1.165, 1.54) is 0 Å². The van der Waals surface area contributed by atoms with Crippen LogP contribution in [0.4, 0.5) is 0 Å². The van der Waals surface area contributed by atoms with Gasteiger partial charge in [-0.3, -0.25) is 0 Å². The molecule has 0 heterocycles. The van der Waals surface area contributed by atoms with Crippen molar-refractivity contribution in [1.29, 1.82) is 0 Å². The molecule has 0 aromatic rings. The van der Waals surface area contributed by atoms with E-state index in [1.807, 2.05) is 0 Å². The van der Waals surface area contributed by atoms with Gasteiger partial charge in [-0.15, -0.1) is 0 Å². The lowest BCUT2D eigenvalue weighted by atomic mass is 9.98.